The molecule has 2 aromatic heterocycles. The molecule has 10 heteroatoms. The average molecular weight is 414 g/mol. The van der Waals surface area contributed by atoms with E-state index in [0.717, 1.165) is 0 Å². The standard InChI is InChI=1S/C19H18N4O5S/c1-11(2)27-13-6-12(17(24)23-19-20-4-5-29-19)7-14(8-13)28-16-10-21-15(9-22-16)18(25)26-3/h4-11H,1-3H3,(H,20,23,24). The predicted octanol–water partition coefficient (Wildman–Crippen LogP) is 3.55. The van der Waals surface area contributed by atoms with E-state index >= 15 is 0 Å². The third kappa shape index (κ3) is 5.48. The third-order valence-electron chi connectivity index (χ3n) is 3.41. The van der Waals surface area contributed by atoms with Crippen LogP contribution in [0.25, 0.3) is 0 Å². The summed E-state index contributed by atoms with van der Waals surface area (Å²) in [7, 11) is 1.26. The van der Waals surface area contributed by atoms with E-state index < -0.39 is 5.97 Å². The van der Waals surface area contributed by atoms with Gasteiger partial charge in [-0.1, -0.05) is 0 Å². The summed E-state index contributed by atoms with van der Waals surface area (Å²) in [6.07, 6.45) is 4.03. The van der Waals surface area contributed by atoms with Crippen LogP contribution in [0, 0.1) is 0 Å². The molecule has 3 rings (SSSR count). The minimum atomic E-state index is -0.600. The van der Waals surface area contributed by atoms with Crippen LogP contribution in [0.2, 0.25) is 0 Å². The highest BCUT2D eigenvalue weighted by Crippen LogP contribution is 2.28. The topological polar surface area (TPSA) is 113 Å². The van der Waals surface area contributed by atoms with Gasteiger partial charge in [0.1, 0.15) is 11.5 Å². The summed E-state index contributed by atoms with van der Waals surface area (Å²) in [4.78, 5) is 36.0. The first kappa shape index (κ1) is 20.2. The summed E-state index contributed by atoms with van der Waals surface area (Å²) < 4.78 is 16.0. The first-order valence-electron chi connectivity index (χ1n) is 8.55. The lowest BCUT2D eigenvalue weighted by Crippen LogP contribution is -2.13. The predicted molar refractivity (Wildman–Crippen MR) is 106 cm³/mol. The van der Waals surface area contributed by atoms with Crippen molar-refractivity contribution in [1.29, 1.82) is 0 Å². The molecule has 1 aromatic carbocycles. The van der Waals surface area contributed by atoms with E-state index in [1.165, 1.54) is 30.8 Å². The number of carbonyl (C=O) groups is 2. The first-order valence-corrected chi connectivity index (χ1v) is 9.43. The minimum Gasteiger partial charge on any atom is -0.491 e. The van der Waals surface area contributed by atoms with Crippen molar-refractivity contribution in [3.05, 3.63) is 53.4 Å². The highest BCUT2D eigenvalue weighted by atomic mass is 32.1. The van der Waals surface area contributed by atoms with E-state index in [9.17, 15) is 9.59 Å². The second-order valence-corrected chi connectivity index (χ2v) is 6.88. The van der Waals surface area contributed by atoms with Gasteiger partial charge in [0.2, 0.25) is 5.88 Å². The van der Waals surface area contributed by atoms with Gasteiger partial charge in [0.05, 0.1) is 25.6 Å². The summed E-state index contributed by atoms with van der Waals surface area (Å²) in [6.45, 7) is 3.75. The van der Waals surface area contributed by atoms with E-state index in [0.29, 0.717) is 22.2 Å². The van der Waals surface area contributed by atoms with Gasteiger partial charge < -0.3 is 14.2 Å². The molecule has 1 amide bonds. The lowest BCUT2D eigenvalue weighted by atomic mass is 10.2. The number of aromatic nitrogens is 3. The molecule has 0 fully saturated rings. The minimum absolute atomic E-state index is 0.0558. The molecule has 0 saturated heterocycles. The zero-order valence-electron chi connectivity index (χ0n) is 15.9. The number of hydrogen-bond acceptors (Lipinski definition) is 9. The Morgan fingerprint density at radius 1 is 1.07 bits per heavy atom. The van der Waals surface area contributed by atoms with Gasteiger partial charge in [0.15, 0.2) is 10.8 Å². The lowest BCUT2D eigenvalue weighted by Gasteiger charge is -2.13. The molecule has 150 valence electrons. The molecule has 0 aliphatic carbocycles. The van der Waals surface area contributed by atoms with Crippen LogP contribution in [0.5, 0.6) is 17.4 Å². The number of benzene rings is 1. The van der Waals surface area contributed by atoms with Crippen molar-refractivity contribution < 1.29 is 23.8 Å². The highest BCUT2D eigenvalue weighted by Gasteiger charge is 2.14. The summed E-state index contributed by atoms with van der Waals surface area (Å²) >= 11 is 1.31. The number of nitrogens with one attached hydrogen (secondary N) is 1. The van der Waals surface area contributed by atoms with Gasteiger partial charge >= 0.3 is 5.97 Å². The van der Waals surface area contributed by atoms with Gasteiger partial charge in [0, 0.05) is 23.2 Å². The SMILES string of the molecule is COC(=O)c1cnc(Oc2cc(OC(C)C)cc(C(=O)Nc3nccs3)c2)cn1. The van der Waals surface area contributed by atoms with E-state index in [1.807, 2.05) is 13.8 Å². The monoisotopic (exact) mass is 414 g/mol. The molecule has 0 saturated carbocycles. The molecule has 0 aliphatic heterocycles. The number of anilines is 1. The van der Waals surface area contributed by atoms with Gasteiger partial charge in [-0.05, 0) is 26.0 Å². The summed E-state index contributed by atoms with van der Waals surface area (Å²) in [6, 6.07) is 4.80. The fraction of sp³-hybridized carbons (Fsp3) is 0.211. The van der Waals surface area contributed by atoms with Crippen LogP contribution >= 0.6 is 11.3 Å². The van der Waals surface area contributed by atoms with E-state index in [2.05, 4.69) is 25.0 Å². The van der Waals surface area contributed by atoms with Crippen molar-refractivity contribution in [3.63, 3.8) is 0 Å². The molecule has 0 bridgehead atoms. The molecule has 0 unspecified atom stereocenters. The second kappa shape index (κ2) is 9.11. The molecule has 9 nitrogen and oxygen atoms in total. The Morgan fingerprint density at radius 2 is 1.86 bits per heavy atom. The van der Waals surface area contributed by atoms with Gasteiger partial charge in [-0.25, -0.2) is 19.7 Å². The summed E-state index contributed by atoms with van der Waals surface area (Å²) in [5.74, 6) is -0.0252. The third-order valence-corrected chi connectivity index (χ3v) is 4.10. The molecular weight excluding hydrogens is 396 g/mol. The Bertz CT molecular complexity index is 990. The largest absolute Gasteiger partial charge is 0.491 e. The zero-order chi connectivity index (χ0) is 20.8. The normalized spacial score (nSPS) is 10.5. The van der Waals surface area contributed by atoms with Crippen molar-refractivity contribution >= 4 is 28.3 Å². The number of rotatable bonds is 7. The van der Waals surface area contributed by atoms with Crippen molar-refractivity contribution in [3.8, 4) is 17.4 Å². The quantitative estimate of drug-likeness (QED) is 0.584. The van der Waals surface area contributed by atoms with Gasteiger partial charge in [-0.2, -0.15) is 0 Å². The summed E-state index contributed by atoms with van der Waals surface area (Å²) in [5, 5.41) is 4.96. The molecule has 3 aromatic rings. The van der Waals surface area contributed by atoms with Crippen molar-refractivity contribution in [2.45, 2.75) is 20.0 Å². The van der Waals surface area contributed by atoms with E-state index in [4.69, 9.17) is 9.47 Å². The van der Waals surface area contributed by atoms with Gasteiger partial charge in [0.25, 0.3) is 5.91 Å². The number of carbonyl (C=O) groups excluding carboxylic acids is 2. The van der Waals surface area contributed by atoms with Crippen LogP contribution in [0.15, 0.2) is 42.2 Å². The van der Waals surface area contributed by atoms with Gasteiger partial charge in [-0.15, -0.1) is 11.3 Å². The fourth-order valence-electron chi connectivity index (χ4n) is 2.26. The molecule has 2 heterocycles. The number of thiazole rings is 1. The molecule has 0 spiro atoms. The average Bonchev–Trinajstić information content (AvgIpc) is 3.20. The molecule has 0 radical (unpaired) electrons. The number of nitrogens with zero attached hydrogens (tertiary/aromatic N) is 3. The summed E-state index contributed by atoms with van der Waals surface area (Å²) in [5.41, 5.74) is 0.382. The lowest BCUT2D eigenvalue weighted by molar-refractivity contribution is 0.0593. The first-order chi connectivity index (χ1) is 13.9. The zero-order valence-corrected chi connectivity index (χ0v) is 16.7. The van der Waals surface area contributed by atoms with Crippen molar-refractivity contribution in [2.75, 3.05) is 12.4 Å². The van der Waals surface area contributed by atoms with Crippen LogP contribution in [-0.4, -0.2) is 40.0 Å². The maximum Gasteiger partial charge on any atom is 0.358 e. The molecule has 1 N–H and O–H groups in total. The fourth-order valence-corrected chi connectivity index (χ4v) is 2.78. The highest BCUT2D eigenvalue weighted by molar-refractivity contribution is 7.13. The molecule has 29 heavy (non-hydrogen) atoms. The van der Waals surface area contributed by atoms with Crippen LogP contribution in [0.4, 0.5) is 5.13 Å². The number of esters is 1. The van der Waals surface area contributed by atoms with E-state index in [-0.39, 0.29) is 23.6 Å². The van der Waals surface area contributed by atoms with Crippen molar-refractivity contribution in [2.24, 2.45) is 0 Å². The van der Waals surface area contributed by atoms with Crippen LogP contribution in [0.1, 0.15) is 34.7 Å². The molecule has 0 aliphatic rings. The number of amides is 1. The van der Waals surface area contributed by atoms with Crippen LogP contribution in [-0.2, 0) is 4.74 Å². The second-order valence-electron chi connectivity index (χ2n) is 5.98. The Balaban J connectivity index is 1.84. The molecule has 0 atom stereocenters. The number of methoxy groups -OCH3 is 1. The Kier molecular flexibility index (Phi) is 6.35. The number of ether oxygens (including phenoxy) is 3. The smallest absolute Gasteiger partial charge is 0.358 e. The number of hydrogen-bond donors (Lipinski definition) is 1. The molecular formula is C19H18N4O5S. The maximum atomic E-state index is 12.6. The van der Waals surface area contributed by atoms with E-state index in [1.54, 1.807) is 29.8 Å². The van der Waals surface area contributed by atoms with Crippen molar-refractivity contribution in [1.82, 2.24) is 15.0 Å². The Labute approximate surface area is 170 Å². The van der Waals surface area contributed by atoms with Gasteiger partial charge in [-0.3, -0.25) is 10.1 Å². The van der Waals surface area contributed by atoms with Crippen LogP contribution < -0.4 is 14.8 Å². The Hall–Kier alpha value is -3.53. The maximum absolute atomic E-state index is 12.6. The van der Waals surface area contributed by atoms with Crippen LogP contribution in [0.3, 0.4) is 0 Å². The Morgan fingerprint density at radius 3 is 2.48 bits per heavy atom.